The lowest BCUT2D eigenvalue weighted by molar-refractivity contribution is -0.137. The minimum absolute atomic E-state index is 0.0385. The molecule has 1 N–H and O–H groups in total. The van der Waals surface area contributed by atoms with Gasteiger partial charge in [0.2, 0.25) is 0 Å². The molecule has 0 saturated heterocycles. The van der Waals surface area contributed by atoms with Crippen LogP contribution in [0.5, 0.6) is 5.75 Å². The molecule has 170 valence electrons. The Labute approximate surface area is 191 Å². The van der Waals surface area contributed by atoms with Crippen LogP contribution in [0.15, 0.2) is 73.1 Å². The smallest absolute Gasteiger partial charge is 0.416 e. The SMILES string of the molecule is O=C(Nc1ccn(Cc2cccc(Cl)c2)n1)c1ccn(COc2cccc(C(F)(F)F)c2)n1. The number of nitrogens with one attached hydrogen (secondary N) is 1. The summed E-state index contributed by atoms with van der Waals surface area (Å²) >= 11 is 5.99. The van der Waals surface area contributed by atoms with Gasteiger partial charge in [-0.1, -0.05) is 29.8 Å². The van der Waals surface area contributed by atoms with E-state index in [0.717, 1.165) is 17.7 Å². The van der Waals surface area contributed by atoms with Crippen LogP contribution < -0.4 is 10.1 Å². The number of hydrogen-bond donors (Lipinski definition) is 1. The van der Waals surface area contributed by atoms with E-state index in [0.29, 0.717) is 17.4 Å². The largest absolute Gasteiger partial charge is 0.471 e. The summed E-state index contributed by atoms with van der Waals surface area (Å²) in [5.74, 6) is -0.103. The van der Waals surface area contributed by atoms with Crippen molar-refractivity contribution in [3.63, 3.8) is 0 Å². The zero-order valence-corrected chi connectivity index (χ0v) is 17.7. The van der Waals surface area contributed by atoms with Gasteiger partial charge in [0.1, 0.15) is 5.75 Å². The first-order valence-electron chi connectivity index (χ1n) is 9.69. The summed E-state index contributed by atoms with van der Waals surface area (Å²) < 4.78 is 46.7. The van der Waals surface area contributed by atoms with Crippen LogP contribution in [-0.2, 0) is 19.5 Å². The van der Waals surface area contributed by atoms with E-state index >= 15 is 0 Å². The molecule has 0 unspecified atom stereocenters. The molecule has 1 amide bonds. The van der Waals surface area contributed by atoms with Gasteiger partial charge in [0, 0.05) is 23.5 Å². The van der Waals surface area contributed by atoms with Crippen LogP contribution in [0.3, 0.4) is 0 Å². The lowest BCUT2D eigenvalue weighted by Crippen LogP contribution is -2.15. The van der Waals surface area contributed by atoms with Gasteiger partial charge < -0.3 is 10.1 Å². The number of ether oxygens (including phenoxy) is 1. The van der Waals surface area contributed by atoms with Gasteiger partial charge in [0.25, 0.3) is 5.91 Å². The molecule has 33 heavy (non-hydrogen) atoms. The minimum Gasteiger partial charge on any atom is -0.471 e. The number of nitrogens with zero attached hydrogens (tertiary/aromatic N) is 4. The maximum atomic E-state index is 12.8. The molecule has 0 aliphatic rings. The Bertz CT molecular complexity index is 1270. The van der Waals surface area contributed by atoms with Crippen LogP contribution in [0.1, 0.15) is 21.6 Å². The molecule has 0 saturated carbocycles. The molecule has 2 aromatic heterocycles. The van der Waals surface area contributed by atoms with Gasteiger partial charge >= 0.3 is 6.18 Å². The monoisotopic (exact) mass is 475 g/mol. The zero-order chi connectivity index (χ0) is 23.4. The second-order valence-corrected chi connectivity index (χ2v) is 7.46. The summed E-state index contributed by atoms with van der Waals surface area (Å²) in [6.07, 6.45) is -1.25. The number of benzene rings is 2. The van der Waals surface area contributed by atoms with Crippen LogP contribution in [0.25, 0.3) is 0 Å². The number of anilines is 1. The molecular weight excluding hydrogens is 459 g/mol. The van der Waals surface area contributed by atoms with Crippen LogP contribution in [0.4, 0.5) is 19.0 Å². The average Bonchev–Trinajstić information content (AvgIpc) is 3.41. The Kier molecular flexibility index (Phi) is 6.36. The summed E-state index contributed by atoms with van der Waals surface area (Å²) in [6.45, 7) is 0.320. The van der Waals surface area contributed by atoms with E-state index in [1.807, 2.05) is 18.2 Å². The number of carbonyl (C=O) groups is 1. The first kappa shape index (κ1) is 22.4. The number of aromatic nitrogens is 4. The van der Waals surface area contributed by atoms with E-state index in [9.17, 15) is 18.0 Å². The molecule has 0 aliphatic carbocycles. The van der Waals surface area contributed by atoms with E-state index in [1.54, 1.807) is 23.0 Å². The third kappa shape index (κ3) is 5.92. The van der Waals surface area contributed by atoms with Crippen LogP contribution in [0.2, 0.25) is 5.02 Å². The third-order valence-corrected chi connectivity index (χ3v) is 4.75. The molecule has 2 heterocycles. The molecule has 2 aromatic carbocycles. The molecule has 7 nitrogen and oxygen atoms in total. The predicted molar refractivity (Wildman–Crippen MR) is 115 cm³/mol. The number of hydrogen-bond acceptors (Lipinski definition) is 4. The number of halogens is 4. The lowest BCUT2D eigenvalue weighted by Gasteiger charge is -2.10. The highest BCUT2D eigenvalue weighted by Gasteiger charge is 2.30. The molecule has 0 aliphatic heterocycles. The molecule has 0 bridgehead atoms. The molecule has 4 aromatic rings. The number of carbonyl (C=O) groups excluding carboxylic acids is 1. The molecule has 0 spiro atoms. The van der Waals surface area contributed by atoms with Crippen molar-refractivity contribution >= 4 is 23.3 Å². The van der Waals surface area contributed by atoms with E-state index in [-0.39, 0.29) is 18.2 Å². The van der Waals surface area contributed by atoms with E-state index in [2.05, 4.69) is 15.5 Å². The zero-order valence-electron chi connectivity index (χ0n) is 17.0. The highest BCUT2D eigenvalue weighted by Crippen LogP contribution is 2.31. The van der Waals surface area contributed by atoms with Crippen molar-refractivity contribution in [3.05, 3.63) is 94.9 Å². The van der Waals surface area contributed by atoms with Crippen molar-refractivity contribution in [2.45, 2.75) is 19.5 Å². The Morgan fingerprint density at radius 1 is 1.00 bits per heavy atom. The summed E-state index contributed by atoms with van der Waals surface area (Å²) in [5.41, 5.74) is 0.255. The van der Waals surface area contributed by atoms with Gasteiger partial charge in [0.05, 0.1) is 12.1 Å². The number of rotatable bonds is 7. The molecule has 0 fully saturated rings. The highest BCUT2D eigenvalue weighted by molar-refractivity contribution is 6.30. The summed E-state index contributed by atoms with van der Waals surface area (Å²) in [7, 11) is 0. The first-order chi connectivity index (χ1) is 15.8. The fourth-order valence-electron chi connectivity index (χ4n) is 2.98. The molecule has 0 radical (unpaired) electrons. The molecule has 4 rings (SSSR count). The van der Waals surface area contributed by atoms with Gasteiger partial charge in [-0.05, 0) is 42.0 Å². The fraction of sp³-hybridized carbons (Fsp3) is 0.136. The van der Waals surface area contributed by atoms with Gasteiger partial charge in [-0.2, -0.15) is 23.4 Å². The quantitative estimate of drug-likeness (QED) is 0.404. The number of amides is 1. The summed E-state index contributed by atoms with van der Waals surface area (Å²) in [6, 6.07) is 15.0. The van der Waals surface area contributed by atoms with Crippen molar-refractivity contribution in [2.24, 2.45) is 0 Å². The van der Waals surface area contributed by atoms with Gasteiger partial charge in [-0.25, -0.2) is 4.68 Å². The first-order valence-corrected chi connectivity index (χ1v) is 10.1. The lowest BCUT2D eigenvalue weighted by atomic mass is 10.2. The molecule has 0 atom stereocenters. The third-order valence-electron chi connectivity index (χ3n) is 4.51. The molecule has 11 heteroatoms. The Morgan fingerprint density at radius 3 is 2.58 bits per heavy atom. The van der Waals surface area contributed by atoms with Crippen molar-refractivity contribution in [3.8, 4) is 5.75 Å². The van der Waals surface area contributed by atoms with Crippen LogP contribution >= 0.6 is 11.6 Å². The highest BCUT2D eigenvalue weighted by atomic mass is 35.5. The van der Waals surface area contributed by atoms with Crippen molar-refractivity contribution in [1.82, 2.24) is 19.6 Å². The second kappa shape index (κ2) is 9.37. The summed E-state index contributed by atoms with van der Waals surface area (Å²) in [4.78, 5) is 12.4. The standard InChI is InChI=1S/C22H17ClF3N5O2/c23-17-5-1-3-15(11-17)13-30-10-8-20(29-30)27-21(32)19-7-9-31(28-19)14-33-18-6-2-4-16(12-18)22(24,25)26/h1-12H,13-14H2,(H,27,29,32). The van der Waals surface area contributed by atoms with E-state index < -0.39 is 17.6 Å². The van der Waals surface area contributed by atoms with Crippen molar-refractivity contribution in [2.75, 3.05) is 5.32 Å². The van der Waals surface area contributed by atoms with Gasteiger partial charge in [0.15, 0.2) is 18.2 Å². The maximum absolute atomic E-state index is 12.8. The van der Waals surface area contributed by atoms with Gasteiger partial charge in [-0.3, -0.25) is 9.48 Å². The normalized spacial score (nSPS) is 11.4. The van der Waals surface area contributed by atoms with E-state index in [1.165, 1.54) is 29.1 Å². The number of alkyl halides is 3. The Hall–Kier alpha value is -3.79. The van der Waals surface area contributed by atoms with Crippen LogP contribution in [0, 0.1) is 0 Å². The van der Waals surface area contributed by atoms with Crippen molar-refractivity contribution in [1.29, 1.82) is 0 Å². The van der Waals surface area contributed by atoms with Gasteiger partial charge in [-0.15, -0.1) is 0 Å². The van der Waals surface area contributed by atoms with E-state index in [4.69, 9.17) is 16.3 Å². The fourth-order valence-corrected chi connectivity index (χ4v) is 3.19. The summed E-state index contributed by atoms with van der Waals surface area (Å²) in [5, 5.41) is 11.7. The van der Waals surface area contributed by atoms with Crippen molar-refractivity contribution < 1.29 is 22.7 Å². The Morgan fingerprint density at radius 2 is 1.79 bits per heavy atom. The average molecular weight is 476 g/mol. The van der Waals surface area contributed by atoms with Crippen LogP contribution in [-0.4, -0.2) is 25.5 Å². The minimum atomic E-state index is -4.46. The second-order valence-electron chi connectivity index (χ2n) is 7.02. The Balaban J connectivity index is 1.33. The molecular formula is C22H17ClF3N5O2. The topological polar surface area (TPSA) is 74.0 Å². The predicted octanol–water partition coefficient (Wildman–Crippen LogP) is 5.09. The maximum Gasteiger partial charge on any atom is 0.416 e.